The second-order valence-corrected chi connectivity index (χ2v) is 6.72. The van der Waals surface area contributed by atoms with Crippen LogP contribution in [0.25, 0.3) is 0 Å². The lowest BCUT2D eigenvalue weighted by atomic mass is 10.0. The van der Waals surface area contributed by atoms with Gasteiger partial charge in [-0.1, -0.05) is 6.92 Å². The fraction of sp³-hybridized carbons (Fsp3) is 0.714. The van der Waals surface area contributed by atoms with Gasteiger partial charge in [0.2, 0.25) is 5.13 Å². The van der Waals surface area contributed by atoms with Gasteiger partial charge in [-0.15, -0.1) is 0 Å². The number of anilines is 1. The normalized spacial score (nSPS) is 21.0. The molecule has 1 saturated heterocycles. The average molecular weight is 338 g/mol. The topological polar surface area (TPSA) is 78.1 Å². The summed E-state index contributed by atoms with van der Waals surface area (Å²) in [4.78, 5) is 18.9. The van der Waals surface area contributed by atoms with Crippen LogP contribution in [-0.2, 0) is 17.8 Å². The first kappa shape index (κ1) is 16.1. The molecule has 0 unspecified atom stereocenters. The van der Waals surface area contributed by atoms with Gasteiger partial charge in [0.1, 0.15) is 12.6 Å². The Morgan fingerprint density at radius 2 is 2.22 bits per heavy atom. The van der Waals surface area contributed by atoms with E-state index in [0.29, 0.717) is 24.1 Å². The summed E-state index contributed by atoms with van der Waals surface area (Å²) in [5, 5.41) is 5.33. The predicted molar refractivity (Wildman–Crippen MR) is 88.0 cm³/mol. The predicted octanol–water partition coefficient (Wildman–Crippen LogP) is 1.13. The smallest absolute Gasteiger partial charge is 0.346 e. The van der Waals surface area contributed by atoms with E-state index in [2.05, 4.69) is 21.4 Å². The molecule has 0 saturated carbocycles. The van der Waals surface area contributed by atoms with Crippen molar-refractivity contribution in [2.24, 2.45) is 5.92 Å². The van der Waals surface area contributed by atoms with Crippen molar-refractivity contribution in [1.29, 1.82) is 0 Å². The van der Waals surface area contributed by atoms with E-state index in [1.807, 2.05) is 25.9 Å². The second-order valence-electron chi connectivity index (χ2n) is 5.99. The van der Waals surface area contributed by atoms with Crippen molar-refractivity contribution in [3.05, 3.63) is 22.1 Å². The summed E-state index contributed by atoms with van der Waals surface area (Å²) in [5.41, 5.74) is -0.133. The Labute approximate surface area is 138 Å². The van der Waals surface area contributed by atoms with Crippen LogP contribution < -0.4 is 10.6 Å². The molecule has 2 atom stereocenters. The van der Waals surface area contributed by atoms with Crippen LogP contribution in [-0.4, -0.2) is 44.4 Å². The van der Waals surface area contributed by atoms with Gasteiger partial charge in [0.15, 0.2) is 11.6 Å². The van der Waals surface area contributed by atoms with Crippen LogP contribution in [0.1, 0.15) is 38.0 Å². The zero-order valence-corrected chi connectivity index (χ0v) is 14.7. The third-order valence-corrected chi connectivity index (χ3v) is 4.96. The Kier molecular flexibility index (Phi) is 4.49. The van der Waals surface area contributed by atoms with Gasteiger partial charge in [0.05, 0.1) is 0 Å². The molecule has 0 N–H and O–H groups in total. The van der Waals surface area contributed by atoms with Crippen molar-refractivity contribution >= 4 is 16.7 Å². The Morgan fingerprint density at radius 3 is 2.78 bits per heavy atom. The van der Waals surface area contributed by atoms with Gasteiger partial charge in [-0.3, -0.25) is 4.57 Å². The van der Waals surface area contributed by atoms with Gasteiger partial charge >= 0.3 is 5.69 Å². The molecule has 0 spiro atoms. The fourth-order valence-corrected chi connectivity index (χ4v) is 3.31. The molecule has 126 valence electrons. The average Bonchev–Trinajstić information content (AvgIpc) is 3.20. The van der Waals surface area contributed by atoms with Crippen molar-refractivity contribution in [3.8, 4) is 0 Å². The molecule has 3 heterocycles. The van der Waals surface area contributed by atoms with E-state index in [0.717, 1.165) is 18.2 Å². The van der Waals surface area contributed by atoms with E-state index in [4.69, 9.17) is 4.74 Å². The number of aromatic nitrogens is 5. The molecule has 0 bridgehead atoms. The van der Waals surface area contributed by atoms with E-state index >= 15 is 0 Å². The maximum absolute atomic E-state index is 12.6. The lowest BCUT2D eigenvalue weighted by molar-refractivity contribution is 0.0836. The number of rotatable bonds is 5. The molecule has 1 aliphatic heterocycles. The molecule has 0 aromatic carbocycles. The number of hydrogen-bond acceptors (Lipinski definition) is 7. The van der Waals surface area contributed by atoms with E-state index in [1.54, 1.807) is 4.57 Å². The molecule has 2 aromatic rings. The quantitative estimate of drug-likeness (QED) is 0.813. The molecule has 3 rings (SSSR count). The molecule has 1 fully saturated rings. The summed E-state index contributed by atoms with van der Waals surface area (Å²) in [5.74, 6) is 1.69. The van der Waals surface area contributed by atoms with Crippen LogP contribution in [0.5, 0.6) is 0 Å². The van der Waals surface area contributed by atoms with Crippen LogP contribution in [0.3, 0.4) is 0 Å². The summed E-state index contributed by atoms with van der Waals surface area (Å²) in [6, 6.07) is 0. The minimum atomic E-state index is -0.133. The van der Waals surface area contributed by atoms with Crippen LogP contribution in [0.15, 0.2) is 4.79 Å². The number of ether oxygens (including phenoxy) is 1. The van der Waals surface area contributed by atoms with E-state index < -0.39 is 0 Å². The first-order chi connectivity index (χ1) is 11.0. The third kappa shape index (κ3) is 3.02. The van der Waals surface area contributed by atoms with Crippen molar-refractivity contribution in [2.45, 2.75) is 39.5 Å². The first-order valence-electron chi connectivity index (χ1n) is 7.80. The minimum Gasteiger partial charge on any atom is -0.370 e. The van der Waals surface area contributed by atoms with Gasteiger partial charge in [0.25, 0.3) is 0 Å². The largest absolute Gasteiger partial charge is 0.370 e. The van der Waals surface area contributed by atoms with E-state index in [9.17, 15) is 4.79 Å². The van der Waals surface area contributed by atoms with Gasteiger partial charge in [-0.25, -0.2) is 14.5 Å². The highest BCUT2D eigenvalue weighted by molar-refractivity contribution is 7.09. The maximum Gasteiger partial charge on any atom is 0.346 e. The lowest BCUT2D eigenvalue weighted by Crippen LogP contribution is -2.26. The third-order valence-electron chi connectivity index (χ3n) is 4.04. The Bertz CT molecular complexity index is 734. The van der Waals surface area contributed by atoms with Gasteiger partial charge in [-0.05, 0) is 19.3 Å². The minimum absolute atomic E-state index is 0.107. The monoisotopic (exact) mass is 338 g/mol. The molecule has 0 amide bonds. The Balaban J connectivity index is 1.90. The van der Waals surface area contributed by atoms with Crippen LogP contribution >= 0.6 is 11.5 Å². The van der Waals surface area contributed by atoms with Gasteiger partial charge in [-0.2, -0.15) is 9.47 Å². The van der Waals surface area contributed by atoms with Crippen molar-refractivity contribution < 1.29 is 4.74 Å². The molecule has 0 aliphatic carbocycles. The van der Waals surface area contributed by atoms with Crippen LogP contribution in [0.4, 0.5) is 5.13 Å². The van der Waals surface area contributed by atoms with E-state index in [1.165, 1.54) is 16.2 Å². The zero-order valence-electron chi connectivity index (χ0n) is 13.9. The summed E-state index contributed by atoms with van der Waals surface area (Å²) >= 11 is 1.32. The fourth-order valence-electron chi connectivity index (χ4n) is 2.72. The lowest BCUT2D eigenvalue weighted by Gasteiger charge is -2.13. The molecule has 2 aromatic heterocycles. The molecule has 8 nitrogen and oxygen atoms in total. The summed E-state index contributed by atoms with van der Waals surface area (Å²) in [6.45, 7) is 5.66. The highest BCUT2D eigenvalue weighted by atomic mass is 32.1. The van der Waals surface area contributed by atoms with Gasteiger partial charge < -0.3 is 9.64 Å². The van der Waals surface area contributed by atoms with Crippen molar-refractivity contribution in [1.82, 2.24) is 23.7 Å². The molecular formula is C14H22N6O2S. The van der Waals surface area contributed by atoms with Crippen molar-refractivity contribution in [3.63, 3.8) is 0 Å². The van der Waals surface area contributed by atoms with Crippen LogP contribution in [0.2, 0.25) is 0 Å². The molecule has 1 aliphatic rings. The zero-order chi connectivity index (χ0) is 16.6. The maximum atomic E-state index is 12.6. The molecule has 0 radical (unpaired) electrons. The molecule has 9 heteroatoms. The summed E-state index contributed by atoms with van der Waals surface area (Å²) in [6.07, 6.45) is 0.888. The first-order valence-corrected chi connectivity index (χ1v) is 8.57. The standard InChI is InChI=1S/C14H22N6O2S/c1-5-19-12(11-9(2)6-7-22-11)16-20(14(19)21)8-10-15-13(18(3)4)23-17-10/h9,11H,5-8H2,1-4H3/t9-,11+/m1/s1. The highest BCUT2D eigenvalue weighted by Gasteiger charge is 2.31. The number of hydrogen-bond donors (Lipinski definition) is 0. The summed E-state index contributed by atoms with van der Waals surface area (Å²) < 4.78 is 13.2. The highest BCUT2D eigenvalue weighted by Crippen LogP contribution is 2.32. The Hall–Kier alpha value is -1.74. The SMILES string of the molecule is CCn1c([C@H]2OCC[C@H]2C)nn(Cc2nsc(N(C)C)n2)c1=O. The van der Waals surface area contributed by atoms with Crippen LogP contribution in [0, 0.1) is 5.92 Å². The molecular weight excluding hydrogens is 316 g/mol. The number of nitrogens with zero attached hydrogens (tertiary/aromatic N) is 6. The van der Waals surface area contributed by atoms with E-state index in [-0.39, 0.29) is 18.3 Å². The van der Waals surface area contributed by atoms with Gasteiger partial charge in [0, 0.05) is 38.8 Å². The summed E-state index contributed by atoms with van der Waals surface area (Å²) in [7, 11) is 3.83. The second kappa shape index (κ2) is 6.40. The van der Waals surface area contributed by atoms with Crippen molar-refractivity contribution in [2.75, 3.05) is 25.6 Å². The molecule has 23 heavy (non-hydrogen) atoms. The Morgan fingerprint density at radius 1 is 1.43 bits per heavy atom.